The highest BCUT2D eigenvalue weighted by atomic mass is 19.1. The molecule has 10 heteroatoms. The number of hydrogen-bond acceptors (Lipinski definition) is 8. The van der Waals surface area contributed by atoms with E-state index in [0.717, 1.165) is 11.1 Å². The van der Waals surface area contributed by atoms with E-state index in [9.17, 15) is 0 Å². The highest BCUT2D eigenvalue weighted by Crippen LogP contribution is 2.39. The fraction of sp³-hybridized carbons (Fsp3) is 0.368. The Morgan fingerprint density at radius 1 is 0.417 bits per heavy atom. The van der Waals surface area contributed by atoms with E-state index >= 15 is 8.78 Å². The van der Waals surface area contributed by atoms with Gasteiger partial charge in [0.1, 0.15) is 34.6 Å². The zero-order valence-electron chi connectivity index (χ0n) is 28.0. The van der Waals surface area contributed by atoms with Gasteiger partial charge in [0.05, 0.1) is 26.4 Å². The largest absolute Gasteiger partial charge is 0.493 e. The monoisotopic (exact) mass is 662 g/mol. The van der Waals surface area contributed by atoms with Crippen molar-refractivity contribution in [1.82, 2.24) is 0 Å². The molecule has 0 aromatic heterocycles. The second kappa shape index (κ2) is 18.4. The molecule has 0 aliphatic heterocycles. The molecular formula is C38H48F2N4O4. The predicted octanol–water partition coefficient (Wildman–Crippen LogP) is 6.49. The van der Waals surface area contributed by atoms with E-state index in [4.69, 9.17) is 41.9 Å². The van der Waals surface area contributed by atoms with Crippen LogP contribution < -0.4 is 41.9 Å². The summed E-state index contributed by atoms with van der Waals surface area (Å²) in [5.74, 6) is 1.36. The van der Waals surface area contributed by atoms with Crippen molar-refractivity contribution in [3.8, 4) is 56.4 Å². The van der Waals surface area contributed by atoms with Gasteiger partial charge in [-0.3, -0.25) is 0 Å². The summed E-state index contributed by atoms with van der Waals surface area (Å²) in [6, 6.07) is 17.9. The first-order valence-electron chi connectivity index (χ1n) is 16.5. The van der Waals surface area contributed by atoms with Gasteiger partial charge in [-0.1, -0.05) is 0 Å². The van der Waals surface area contributed by atoms with Crippen molar-refractivity contribution < 1.29 is 27.7 Å². The van der Waals surface area contributed by atoms with E-state index in [0.29, 0.717) is 124 Å². The van der Waals surface area contributed by atoms with Crippen molar-refractivity contribution in [3.63, 3.8) is 0 Å². The van der Waals surface area contributed by atoms with Gasteiger partial charge in [-0.2, -0.15) is 0 Å². The van der Waals surface area contributed by atoms with Crippen LogP contribution in [0.15, 0.2) is 60.7 Å². The first-order valence-corrected chi connectivity index (χ1v) is 16.5. The van der Waals surface area contributed by atoms with Crippen molar-refractivity contribution in [3.05, 3.63) is 83.4 Å². The summed E-state index contributed by atoms with van der Waals surface area (Å²) in [4.78, 5) is 0. The summed E-state index contributed by atoms with van der Waals surface area (Å²) >= 11 is 0. The lowest BCUT2D eigenvalue weighted by Crippen LogP contribution is -2.07. The van der Waals surface area contributed by atoms with Gasteiger partial charge in [0, 0.05) is 23.3 Å². The molecule has 258 valence electrons. The van der Waals surface area contributed by atoms with Gasteiger partial charge in [-0.25, -0.2) is 8.78 Å². The molecule has 4 rings (SSSR count). The molecule has 8 N–H and O–H groups in total. The van der Waals surface area contributed by atoms with Crippen LogP contribution in [0.25, 0.3) is 33.4 Å². The number of nitrogens with two attached hydrogens (primary N) is 4. The number of benzene rings is 4. The molecule has 48 heavy (non-hydrogen) atoms. The number of aryl methyl sites for hydroxylation is 2. The Labute approximate surface area is 282 Å². The Kier molecular flexibility index (Phi) is 14.0. The summed E-state index contributed by atoms with van der Waals surface area (Å²) in [6.07, 6.45) is 2.75. The maximum absolute atomic E-state index is 16.0. The number of hydrogen-bond donors (Lipinski definition) is 4. The molecule has 0 aliphatic rings. The maximum atomic E-state index is 16.0. The van der Waals surface area contributed by atoms with Crippen molar-refractivity contribution in [2.75, 3.05) is 52.6 Å². The Balaban J connectivity index is 1.80. The fourth-order valence-corrected chi connectivity index (χ4v) is 5.17. The van der Waals surface area contributed by atoms with Gasteiger partial charge in [0.25, 0.3) is 0 Å². The SMILES string of the molecule is Cc1cc(-c2cc(OCCCN)cc(OCCCN)c2)cc(-c2cc(-c3cc(OCCCN)cc(OCCCN)c3)cc(C)c2F)c1F. The summed E-state index contributed by atoms with van der Waals surface area (Å²) < 4.78 is 55.8. The summed E-state index contributed by atoms with van der Waals surface area (Å²) in [6.45, 7) is 7.08. The molecule has 0 atom stereocenters. The van der Waals surface area contributed by atoms with Gasteiger partial charge in [-0.15, -0.1) is 0 Å². The number of halogens is 2. The molecule has 0 bridgehead atoms. The summed E-state index contributed by atoms with van der Waals surface area (Å²) in [5.41, 5.74) is 26.5. The zero-order valence-corrected chi connectivity index (χ0v) is 28.0. The van der Waals surface area contributed by atoms with Crippen LogP contribution in [-0.2, 0) is 0 Å². The first-order chi connectivity index (χ1) is 23.3. The molecule has 0 amide bonds. The number of rotatable bonds is 19. The lowest BCUT2D eigenvalue weighted by atomic mass is 9.91. The van der Waals surface area contributed by atoms with Crippen LogP contribution in [0.5, 0.6) is 23.0 Å². The standard InChI is InChI=1S/C38H48F2N4O4/c1-25-15-27(29-17-31(45-11-3-7-41)23-32(18-29)46-12-4-8-42)21-35(37(25)39)36-22-28(16-26(2)38(36)40)30-19-33(47-13-5-9-43)24-34(20-30)48-14-6-10-44/h15-24H,3-14,41-44H2,1-2H3. The minimum Gasteiger partial charge on any atom is -0.493 e. The van der Waals surface area contributed by atoms with Gasteiger partial charge in [0.15, 0.2) is 0 Å². The molecule has 0 fully saturated rings. The van der Waals surface area contributed by atoms with Gasteiger partial charge < -0.3 is 41.9 Å². The van der Waals surface area contributed by atoms with E-state index in [1.807, 2.05) is 36.4 Å². The van der Waals surface area contributed by atoms with Gasteiger partial charge in [0.2, 0.25) is 0 Å². The molecule has 8 nitrogen and oxygen atoms in total. The smallest absolute Gasteiger partial charge is 0.134 e. The molecule has 4 aromatic rings. The maximum Gasteiger partial charge on any atom is 0.134 e. The zero-order chi connectivity index (χ0) is 34.5. The van der Waals surface area contributed by atoms with Crippen LogP contribution in [0.2, 0.25) is 0 Å². The predicted molar refractivity (Wildman–Crippen MR) is 189 cm³/mol. The van der Waals surface area contributed by atoms with Crippen molar-refractivity contribution >= 4 is 0 Å². The molecule has 0 unspecified atom stereocenters. The molecular weight excluding hydrogens is 614 g/mol. The van der Waals surface area contributed by atoms with Crippen LogP contribution in [0.1, 0.15) is 36.8 Å². The Bertz CT molecular complexity index is 1470. The van der Waals surface area contributed by atoms with Crippen molar-refractivity contribution in [2.24, 2.45) is 22.9 Å². The van der Waals surface area contributed by atoms with Crippen molar-refractivity contribution in [1.29, 1.82) is 0 Å². The highest BCUT2D eigenvalue weighted by molar-refractivity contribution is 5.80. The Morgan fingerprint density at radius 2 is 0.688 bits per heavy atom. The van der Waals surface area contributed by atoms with Crippen molar-refractivity contribution in [2.45, 2.75) is 39.5 Å². The lowest BCUT2D eigenvalue weighted by Gasteiger charge is -2.17. The quantitative estimate of drug-likeness (QED) is 0.0835. The highest BCUT2D eigenvalue weighted by Gasteiger charge is 2.19. The lowest BCUT2D eigenvalue weighted by molar-refractivity contribution is 0.298. The Hall–Kier alpha value is -4.22. The summed E-state index contributed by atoms with van der Waals surface area (Å²) in [7, 11) is 0. The molecule has 0 saturated carbocycles. The topological polar surface area (TPSA) is 141 Å². The van der Waals surface area contributed by atoms with Crippen LogP contribution in [0, 0.1) is 25.5 Å². The third-order valence-electron chi connectivity index (χ3n) is 7.69. The minimum absolute atomic E-state index is 0.141. The fourth-order valence-electron chi connectivity index (χ4n) is 5.17. The van der Waals surface area contributed by atoms with E-state index in [2.05, 4.69) is 0 Å². The van der Waals surface area contributed by atoms with Crippen LogP contribution in [0.3, 0.4) is 0 Å². The second-order valence-electron chi connectivity index (χ2n) is 11.7. The average molecular weight is 663 g/mol. The number of ether oxygens (including phenoxy) is 4. The van der Waals surface area contributed by atoms with Gasteiger partial charge in [-0.05, 0) is 148 Å². The van der Waals surface area contributed by atoms with E-state index < -0.39 is 11.6 Å². The third kappa shape index (κ3) is 9.90. The van der Waals surface area contributed by atoms with Crippen LogP contribution >= 0.6 is 0 Å². The van der Waals surface area contributed by atoms with E-state index in [1.54, 1.807) is 38.1 Å². The molecule has 0 radical (unpaired) electrons. The normalized spacial score (nSPS) is 11.1. The summed E-state index contributed by atoms with van der Waals surface area (Å²) in [5, 5.41) is 0. The Morgan fingerprint density at radius 3 is 0.958 bits per heavy atom. The first kappa shape index (κ1) is 36.6. The van der Waals surface area contributed by atoms with E-state index in [-0.39, 0.29) is 11.1 Å². The molecule has 0 aliphatic carbocycles. The third-order valence-corrected chi connectivity index (χ3v) is 7.69. The molecule has 0 saturated heterocycles. The molecule has 0 spiro atoms. The molecule has 4 aromatic carbocycles. The van der Waals surface area contributed by atoms with E-state index in [1.165, 1.54) is 0 Å². The van der Waals surface area contributed by atoms with Gasteiger partial charge >= 0.3 is 0 Å². The molecule has 0 heterocycles. The van der Waals surface area contributed by atoms with Crippen LogP contribution in [0.4, 0.5) is 8.78 Å². The minimum atomic E-state index is -0.506. The van der Waals surface area contributed by atoms with Crippen LogP contribution in [-0.4, -0.2) is 52.6 Å². The second-order valence-corrected chi connectivity index (χ2v) is 11.7. The average Bonchev–Trinajstić information content (AvgIpc) is 3.07.